The van der Waals surface area contributed by atoms with Gasteiger partial charge in [0.25, 0.3) is 0 Å². The lowest BCUT2D eigenvalue weighted by Crippen LogP contribution is -2.31. The summed E-state index contributed by atoms with van der Waals surface area (Å²) in [5, 5.41) is 2.78. The lowest BCUT2D eigenvalue weighted by molar-refractivity contribution is 0.220. The number of carbonyl (C=O) groups is 1. The third-order valence-electron chi connectivity index (χ3n) is 4.45. The van der Waals surface area contributed by atoms with Gasteiger partial charge in [-0.3, -0.25) is 0 Å². The summed E-state index contributed by atoms with van der Waals surface area (Å²) in [4.78, 5) is 14.1. The van der Waals surface area contributed by atoms with E-state index in [4.69, 9.17) is 0 Å². The summed E-state index contributed by atoms with van der Waals surface area (Å²) < 4.78 is 26.4. The van der Waals surface area contributed by atoms with Gasteiger partial charge in [-0.05, 0) is 42.7 Å². The lowest BCUT2D eigenvalue weighted by atomic mass is 10.2. The summed E-state index contributed by atoms with van der Waals surface area (Å²) in [7, 11) is -0.141. The van der Waals surface area contributed by atoms with E-state index in [2.05, 4.69) is 5.32 Å². The Bertz CT molecular complexity index is 863. The van der Waals surface area contributed by atoms with Crippen molar-refractivity contribution >= 4 is 21.7 Å². The van der Waals surface area contributed by atoms with Crippen molar-refractivity contribution in [3.05, 3.63) is 60.2 Å². The maximum Gasteiger partial charge on any atom is 0.321 e. The summed E-state index contributed by atoms with van der Waals surface area (Å²) in [6, 6.07) is 15.9. The van der Waals surface area contributed by atoms with Gasteiger partial charge in [0, 0.05) is 32.4 Å². The molecule has 1 fully saturated rings. The zero-order valence-corrected chi connectivity index (χ0v) is 15.7. The van der Waals surface area contributed by atoms with Crippen LogP contribution in [0.3, 0.4) is 0 Å². The van der Waals surface area contributed by atoms with E-state index in [-0.39, 0.29) is 17.0 Å². The number of benzene rings is 2. The summed E-state index contributed by atoms with van der Waals surface area (Å²) in [5.74, 6) is 0. The molecule has 0 atom stereocenters. The van der Waals surface area contributed by atoms with E-state index in [0.717, 1.165) is 18.4 Å². The molecule has 2 aromatic rings. The monoisotopic (exact) mass is 373 g/mol. The quantitative estimate of drug-likeness (QED) is 0.846. The summed E-state index contributed by atoms with van der Waals surface area (Å²) in [6.07, 6.45) is 1.83. The van der Waals surface area contributed by atoms with Crippen LogP contribution in [-0.2, 0) is 16.6 Å². The van der Waals surface area contributed by atoms with Crippen LogP contribution in [0.25, 0.3) is 0 Å². The van der Waals surface area contributed by atoms with E-state index in [1.807, 2.05) is 30.3 Å². The zero-order chi connectivity index (χ0) is 18.7. The third kappa shape index (κ3) is 4.23. The second-order valence-corrected chi connectivity index (χ2v) is 8.55. The fraction of sp³-hybridized carbons (Fsp3) is 0.316. The Hall–Kier alpha value is -2.38. The molecule has 0 aromatic heterocycles. The molecule has 7 heteroatoms. The Morgan fingerprint density at radius 2 is 1.65 bits per heavy atom. The smallest absolute Gasteiger partial charge is 0.321 e. The van der Waals surface area contributed by atoms with Crippen molar-refractivity contribution in [1.29, 1.82) is 0 Å². The Morgan fingerprint density at radius 3 is 2.23 bits per heavy atom. The SMILES string of the molecule is CN(Cc1ccccc1)C(=O)Nc1ccc(S(=O)(=O)N(C)C2CC2)cc1. The van der Waals surface area contributed by atoms with E-state index in [1.54, 1.807) is 31.1 Å². The summed E-state index contributed by atoms with van der Waals surface area (Å²) in [5.41, 5.74) is 1.60. The zero-order valence-electron chi connectivity index (χ0n) is 14.9. The molecule has 1 saturated carbocycles. The van der Waals surface area contributed by atoms with Gasteiger partial charge >= 0.3 is 6.03 Å². The van der Waals surface area contributed by atoms with Crippen molar-refractivity contribution in [1.82, 2.24) is 9.21 Å². The molecule has 2 amide bonds. The highest BCUT2D eigenvalue weighted by Crippen LogP contribution is 2.30. The molecule has 1 aliphatic carbocycles. The predicted molar refractivity (Wildman–Crippen MR) is 101 cm³/mol. The molecule has 0 unspecified atom stereocenters. The van der Waals surface area contributed by atoms with Gasteiger partial charge in [0.15, 0.2) is 0 Å². The van der Waals surface area contributed by atoms with Gasteiger partial charge in [-0.15, -0.1) is 0 Å². The van der Waals surface area contributed by atoms with Crippen molar-refractivity contribution in [3.63, 3.8) is 0 Å². The van der Waals surface area contributed by atoms with Crippen molar-refractivity contribution in [2.24, 2.45) is 0 Å². The van der Waals surface area contributed by atoms with Gasteiger partial charge in [-0.1, -0.05) is 30.3 Å². The number of urea groups is 1. The Morgan fingerprint density at radius 1 is 1.04 bits per heavy atom. The van der Waals surface area contributed by atoms with Gasteiger partial charge in [0.1, 0.15) is 0 Å². The van der Waals surface area contributed by atoms with Crippen molar-refractivity contribution < 1.29 is 13.2 Å². The number of hydrogen-bond acceptors (Lipinski definition) is 3. The highest BCUT2D eigenvalue weighted by atomic mass is 32.2. The van der Waals surface area contributed by atoms with Gasteiger partial charge in [-0.25, -0.2) is 13.2 Å². The average molecular weight is 373 g/mol. The maximum absolute atomic E-state index is 12.5. The number of nitrogens with one attached hydrogen (secondary N) is 1. The summed E-state index contributed by atoms with van der Waals surface area (Å²) >= 11 is 0. The molecule has 26 heavy (non-hydrogen) atoms. The number of anilines is 1. The van der Waals surface area contributed by atoms with Crippen LogP contribution in [0.1, 0.15) is 18.4 Å². The number of sulfonamides is 1. The number of rotatable bonds is 6. The molecule has 0 aliphatic heterocycles. The Balaban J connectivity index is 1.62. The maximum atomic E-state index is 12.5. The standard InChI is InChI=1S/C19H23N3O3S/c1-21(14-15-6-4-3-5-7-15)19(23)20-16-8-12-18(13-9-16)26(24,25)22(2)17-10-11-17/h3-9,12-13,17H,10-11,14H2,1-2H3,(H,20,23). The van der Waals surface area contributed by atoms with E-state index >= 15 is 0 Å². The molecular formula is C19H23N3O3S. The highest BCUT2D eigenvalue weighted by molar-refractivity contribution is 7.89. The van der Waals surface area contributed by atoms with Crippen LogP contribution in [0.4, 0.5) is 10.5 Å². The van der Waals surface area contributed by atoms with Crippen LogP contribution in [0.15, 0.2) is 59.5 Å². The molecule has 0 bridgehead atoms. The van der Waals surface area contributed by atoms with Gasteiger partial charge in [0.05, 0.1) is 4.90 Å². The molecule has 0 heterocycles. The molecular weight excluding hydrogens is 350 g/mol. The van der Waals surface area contributed by atoms with E-state index in [0.29, 0.717) is 12.2 Å². The van der Waals surface area contributed by atoms with E-state index < -0.39 is 10.0 Å². The van der Waals surface area contributed by atoms with Crippen LogP contribution in [0.5, 0.6) is 0 Å². The summed E-state index contributed by atoms with van der Waals surface area (Å²) in [6.45, 7) is 0.491. The van der Waals surface area contributed by atoms with E-state index in [9.17, 15) is 13.2 Å². The molecule has 0 spiro atoms. The molecule has 2 aromatic carbocycles. The Kier molecular flexibility index (Phi) is 5.29. The fourth-order valence-corrected chi connectivity index (χ4v) is 4.07. The molecule has 1 N–H and O–H groups in total. The normalized spacial score (nSPS) is 14.3. The van der Waals surface area contributed by atoms with Crippen molar-refractivity contribution in [2.75, 3.05) is 19.4 Å². The minimum Gasteiger partial charge on any atom is -0.323 e. The molecule has 3 rings (SSSR count). The van der Waals surface area contributed by atoms with Gasteiger partial charge in [-0.2, -0.15) is 4.31 Å². The first-order valence-corrected chi connectivity index (χ1v) is 9.96. The Labute approximate surface area is 154 Å². The van der Waals surface area contributed by atoms with Gasteiger partial charge in [0.2, 0.25) is 10.0 Å². The number of hydrogen-bond donors (Lipinski definition) is 1. The van der Waals surface area contributed by atoms with Gasteiger partial charge < -0.3 is 10.2 Å². The predicted octanol–water partition coefficient (Wildman–Crippen LogP) is 3.13. The fourth-order valence-electron chi connectivity index (χ4n) is 2.66. The molecule has 6 nitrogen and oxygen atoms in total. The second-order valence-electron chi connectivity index (χ2n) is 6.55. The molecule has 138 valence electrons. The second kappa shape index (κ2) is 7.47. The lowest BCUT2D eigenvalue weighted by Gasteiger charge is -2.19. The minimum atomic E-state index is -3.47. The number of carbonyl (C=O) groups excluding carboxylic acids is 1. The number of amides is 2. The first kappa shape index (κ1) is 18.4. The largest absolute Gasteiger partial charge is 0.323 e. The first-order chi connectivity index (χ1) is 12.4. The third-order valence-corrected chi connectivity index (χ3v) is 6.38. The topological polar surface area (TPSA) is 69.7 Å². The van der Waals surface area contributed by atoms with Crippen molar-refractivity contribution in [3.8, 4) is 0 Å². The highest BCUT2D eigenvalue weighted by Gasteiger charge is 2.34. The van der Waals surface area contributed by atoms with Crippen molar-refractivity contribution in [2.45, 2.75) is 30.3 Å². The van der Waals surface area contributed by atoms with Crippen LogP contribution < -0.4 is 5.32 Å². The van der Waals surface area contributed by atoms with Crippen LogP contribution in [-0.4, -0.2) is 43.8 Å². The average Bonchev–Trinajstić information content (AvgIpc) is 3.47. The molecule has 0 radical (unpaired) electrons. The van der Waals surface area contributed by atoms with Crippen LogP contribution >= 0.6 is 0 Å². The van der Waals surface area contributed by atoms with Crippen LogP contribution in [0, 0.1) is 0 Å². The van der Waals surface area contributed by atoms with Crippen LogP contribution in [0.2, 0.25) is 0 Å². The number of nitrogens with zero attached hydrogens (tertiary/aromatic N) is 2. The van der Waals surface area contributed by atoms with E-state index in [1.165, 1.54) is 16.4 Å². The first-order valence-electron chi connectivity index (χ1n) is 8.52. The molecule has 0 saturated heterocycles. The minimum absolute atomic E-state index is 0.117. The molecule has 1 aliphatic rings.